The number of hydrogen-bond donors (Lipinski definition) is 1. The Kier molecular flexibility index (Phi) is 3.09. The SMILES string of the molecule is CCOc1cc2ccccc2nc1OC(N)=O. The molecule has 0 aliphatic carbocycles. The quantitative estimate of drug-likeness (QED) is 0.879. The summed E-state index contributed by atoms with van der Waals surface area (Å²) in [5.41, 5.74) is 5.69. The monoisotopic (exact) mass is 232 g/mol. The highest BCUT2D eigenvalue weighted by Crippen LogP contribution is 2.29. The van der Waals surface area contributed by atoms with Crippen molar-refractivity contribution in [1.82, 2.24) is 4.98 Å². The molecule has 0 bridgehead atoms. The van der Waals surface area contributed by atoms with Crippen molar-refractivity contribution in [3.8, 4) is 11.6 Å². The Labute approximate surface area is 98.2 Å². The molecule has 1 aromatic heterocycles. The third-order valence-corrected chi connectivity index (χ3v) is 2.15. The Morgan fingerprint density at radius 1 is 1.41 bits per heavy atom. The summed E-state index contributed by atoms with van der Waals surface area (Å²) in [5, 5.41) is 0.910. The Bertz CT molecular complexity index is 554. The zero-order valence-corrected chi connectivity index (χ0v) is 9.34. The van der Waals surface area contributed by atoms with E-state index in [9.17, 15) is 4.79 Å². The third kappa shape index (κ3) is 2.44. The summed E-state index contributed by atoms with van der Waals surface area (Å²) < 4.78 is 10.2. The molecular weight excluding hydrogens is 220 g/mol. The highest BCUT2D eigenvalue weighted by molar-refractivity contribution is 5.82. The van der Waals surface area contributed by atoms with Gasteiger partial charge in [-0.15, -0.1) is 0 Å². The average molecular weight is 232 g/mol. The number of rotatable bonds is 3. The molecule has 0 fully saturated rings. The number of nitrogens with zero attached hydrogens (tertiary/aromatic N) is 1. The molecule has 1 heterocycles. The van der Waals surface area contributed by atoms with E-state index in [1.165, 1.54) is 0 Å². The van der Waals surface area contributed by atoms with E-state index in [2.05, 4.69) is 4.98 Å². The van der Waals surface area contributed by atoms with Gasteiger partial charge in [-0.05, 0) is 19.1 Å². The standard InChI is InChI=1S/C12H12N2O3/c1-2-16-10-7-8-5-3-4-6-9(8)14-11(10)17-12(13)15/h3-7H,2H2,1H3,(H2,13,15). The second-order valence-electron chi connectivity index (χ2n) is 3.34. The molecule has 0 atom stereocenters. The van der Waals surface area contributed by atoms with Crippen LogP contribution in [0.5, 0.6) is 11.6 Å². The molecule has 88 valence electrons. The molecule has 2 aromatic rings. The fourth-order valence-electron chi connectivity index (χ4n) is 1.51. The van der Waals surface area contributed by atoms with Gasteiger partial charge < -0.3 is 15.2 Å². The lowest BCUT2D eigenvalue weighted by atomic mass is 10.2. The van der Waals surface area contributed by atoms with Crippen LogP contribution in [0.2, 0.25) is 0 Å². The van der Waals surface area contributed by atoms with Crippen LogP contribution in [0.4, 0.5) is 4.79 Å². The number of hydrogen-bond acceptors (Lipinski definition) is 4. The van der Waals surface area contributed by atoms with Crippen molar-refractivity contribution in [1.29, 1.82) is 0 Å². The van der Waals surface area contributed by atoms with Crippen LogP contribution < -0.4 is 15.2 Å². The van der Waals surface area contributed by atoms with E-state index in [-0.39, 0.29) is 5.88 Å². The molecule has 0 aliphatic rings. The molecule has 5 heteroatoms. The summed E-state index contributed by atoms with van der Waals surface area (Å²) in [6.07, 6.45) is -0.909. The van der Waals surface area contributed by atoms with Crippen LogP contribution >= 0.6 is 0 Å². The van der Waals surface area contributed by atoms with Gasteiger partial charge in [-0.25, -0.2) is 9.78 Å². The van der Waals surface area contributed by atoms with Gasteiger partial charge in [-0.2, -0.15) is 0 Å². The van der Waals surface area contributed by atoms with Crippen molar-refractivity contribution in [2.45, 2.75) is 6.92 Å². The van der Waals surface area contributed by atoms with Gasteiger partial charge in [0.15, 0.2) is 5.75 Å². The van der Waals surface area contributed by atoms with Gasteiger partial charge in [0.1, 0.15) is 0 Å². The minimum atomic E-state index is -0.909. The number of pyridine rings is 1. The summed E-state index contributed by atoms with van der Waals surface area (Å²) in [6, 6.07) is 9.24. The summed E-state index contributed by atoms with van der Waals surface area (Å²) in [5.74, 6) is 0.503. The van der Waals surface area contributed by atoms with Crippen LogP contribution in [-0.2, 0) is 0 Å². The Balaban J connectivity index is 2.53. The maximum atomic E-state index is 10.8. The number of carbonyl (C=O) groups excluding carboxylic acids is 1. The van der Waals surface area contributed by atoms with E-state index in [1.807, 2.05) is 31.2 Å². The van der Waals surface area contributed by atoms with Crippen molar-refractivity contribution >= 4 is 17.0 Å². The first-order valence-corrected chi connectivity index (χ1v) is 5.20. The highest BCUT2D eigenvalue weighted by Gasteiger charge is 2.11. The van der Waals surface area contributed by atoms with Gasteiger partial charge in [0.05, 0.1) is 12.1 Å². The zero-order valence-electron chi connectivity index (χ0n) is 9.34. The number of para-hydroxylation sites is 1. The third-order valence-electron chi connectivity index (χ3n) is 2.15. The summed E-state index contributed by atoms with van der Waals surface area (Å²) in [6.45, 7) is 2.29. The van der Waals surface area contributed by atoms with Crippen molar-refractivity contribution in [3.05, 3.63) is 30.3 Å². The first kappa shape index (κ1) is 11.2. The molecule has 2 rings (SSSR count). The zero-order chi connectivity index (χ0) is 12.3. The smallest absolute Gasteiger partial charge is 0.411 e. The number of nitrogens with two attached hydrogens (primary N) is 1. The van der Waals surface area contributed by atoms with Crippen molar-refractivity contribution in [3.63, 3.8) is 0 Å². The number of aromatic nitrogens is 1. The molecule has 0 spiro atoms. The minimum absolute atomic E-state index is 0.0954. The number of primary amides is 1. The molecule has 17 heavy (non-hydrogen) atoms. The molecular formula is C12H12N2O3. The van der Waals surface area contributed by atoms with Gasteiger partial charge in [-0.3, -0.25) is 0 Å². The van der Waals surface area contributed by atoms with Crippen LogP contribution in [0.3, 0.4) is 0 Å². The van der Waals surface area contributed by atoms with E-state index in [0.717, 1.165) is 5.39 Å². The average Bonchev–Trinajstić information content (AvgIpc) is 2.29. The van der Waals surface area contributed by atoms with Crippen molar-refractivity contribution in [2.75, 3.05) is 6.61 Å². The minimum Gasteiger partial charge on any atom is -0.488 e. The molecule has 1 aromatic carbocycles. The lowest BCUT2D eigenvalue weighted by Gasteiger charge is -2.09. The number of ether oxygens (including phenoxy) is 2. The van der Waals surface area contributed by atoms with Gasteiger partial charge >= 0.3 is 6.09 Å². The Morgan fingerprint density at radius 2 is 2.18 bits per heavy atom. The summed E-state index contributed by atoms with van der Waals surface area (Å²) in [7, 11) is 0. The predicted octanol–water partition coefficient (Wildman–Crippen LogP) is 2.09. The second kappa shape index (κ2) is 4.69. The van der Waals surface area contributed by atoms with E-state index in [4.69, 9.17) is 15.2 Å². The fourth-order valence-corrected chi connectivity index (χ4v) is 1.51. The first-order chi connectivity index (χ1) is 8.20. The molecule has 1 amide bonds. The van der Waals surface area contributed by atoms with Crippen molar-refractivity contribution in [2.24, 2.45) is 5.73 Å². The van der Waals surface area contributed by atoms with E-state index >= 15 is 0 Å². The first-order valence-electron chi connectivity index (χ1n) is 5.20. The molecule has 0 radical (unpaired) electrons. The molecule has 2 N–H and O–H groups in total. The van der Waals surface area contributed by atoms with E-state index in [1.54, 1.807) is 6.07 Å². The Hall–Kier alpha value is -2.30. The maximum absolute atomic E-state index is 10.8. The van der Waals surface area contributed by atoms with Crippen molar-refractivity contribution < 1.29 is 14.3 Å². The summed E-state index contributed by atoms with van der Waals surface area (Å²) in [4.78, 5) is 15.0. The number of carbonyl (C=O) groups is 1. The molecule has 5 nitrogen and oxygen atoms in total. The number of fused-ring (bicyclic) bond motifs is 1. The summed E-state index contributed by atoms with van der Waals surface area (Å²) >= 11 is 0. The maximum Gasteiger partial charge on any atom is 0.411 e. The predicted molar refractivity (Wildman–Crippen MR) is 63.1 cm³/mol. The van der Waals surface area contributed by atoms with E-state index < -0.39 is 6.09 Å². The highest BCUT2D eigenvalue weighted by atomic mass is 16.6. The van der Waals surface area contributed by atoms with Gasteiger partial charge in [0.2, 0.25) is 0 Å². The molecule has 0 unspecified atom stereocenters. The topological polar surface area (TPSA) is 74.4 Å². The largest absolute Gasteiger partial charge is 0.488 e. The number of benzene rings is 1. The molecule has 0 aliphatic heterocycles. The normalized spacial score (nSPS) is 10.2. The lowest BCUT2D eigenvalue weighted by molar-refractivity contribution is 0.205. The second-order valence-corrected chi connectivity index (χ2v) is 3.34. The number of amides is 1. The van der Waals surface area contributed by atoms with E-state index in [0.29, 0.717) is 17.9 Å². The van der Waals surface area contributed by atoms with Gasteiger partial charge in [0, 0.05) is 5.39 Å². The van der Waals surface area contributed by atoms with Crippen LogP contribution in [-0.4, -0.2) is 17.7 Å². The van der Waals surface area contributed by atoms with Crippen LogP contribution in [0.25, 0.3) is 10.9 Å². The fraction of sp³-hybridized carbons (Fsp3) is 0.167. The van der Waals surface area contributed by atoms with Gasteiger partial charge in [0.25, 0.3) is 5.88 Å². The lowest BCUT2D eigenvalue weighted by Crippen LogP contribution is -2.17. The van der Waals surface area contributed by atoms with Gasteiger partial charge in [-0.1, -0.05) is 18.2 Å². The van der Waals surface area contributed by atoms with Crippen LogP contribution in [0, 0.1) is 0 Å². The van der Waals surface area contributed by atoms with Crippen LogP contribution in [0.15, 0.2) is 30.3 Å². The molecule has 0 saturated carbocycles. The Morgan fingerprint density at radius 3 is 2.88 bits per heavy atom. The molecule has 0 saturated heterocycles. The van der Waals surface area contributed by atoms with Crippen LogP contribution in [0.1, 0.15) is 6.92 Å².